The van der Waals surface area contributed by atoms with Gasteiger partial charge < -0.3 is 10.5 Å². The number of esters is 1. The Hall–Kier alpha value is -2.13. The van der Waals surface area contributed by atoms with Crippen LogP contribution in [-0.2, 0) is 16.0 Å². The zero-order chi connectivity index (χ0) is 16.2. The Labute approximate surface area is 132 Å². The van der Waals surface area contributed by atoms with E-state index in [-0.39, 0.29) is 5.97 Å². The van der Waals surface area contributed by atoms with Crippen molar-refractivity contribution in [3.05, 3.63) is 60.2 Å². The molecule has 0 heterocycles. The molecule has 22 heavy (non-hydrogen) atoms. The number of carbonyl (C=O) groups is 1. The molecule has 0 fully saturated rings. The second kappa shape index (κ2) is 6.75. The van der Waals surface area contributed by atoms with E-state index < -0.39 is 11.6 Å². The molecule has 0 bridgehead atoms. The van der Waals surface area contributed by atoms with Gasteiger partial charge in [0.25, 0.3) is 0 Å². The van der Waals surface area contributed by atoms with Gasteiger partial charge in [-0.15, -0.1) is 0 Å². The maximum atomic E-state index is 11.9. The smallest absolute Gasteiger partial charge is 0.323 e. The Morgan fingerprint density at radius 3 is 2.09 bits per heavy atom. The van der Waals surface area contributed by atoms with Crippen molar-refractivity contribution in [2.45, 2.75) is 38.8 Å². The van der Waals surface area contributed by atoms with Crippen LogP contribution in [0.2, 0.25) is 0 Å². The number of rotatable bonds is 4. The molecule has 0 unspecified atom stereocenters. The minimum absolute atomic E-state index is 0.361. The SMILES string of the molecule is CC(C)(C)OC(=O)[C@@H](N)Cc1ccc(-c2ccccc2)cc1. The van der Waals surface area contributed by atoms with Crippen molar-refractivity contribution in [1.29, 1.82) is 0 Å². The van der Waals surface area contributed by atoms with Gasteiger partial charge in [0.2, 0.25) is 0 Å². The van der Waals surface area contributed by atoms with E-state index in [0.29, 0.717) is 6.42 Å². The van der Waals surface area contributed by atoms with Crippen molar-refractivity contribution < 1.29 is 9.53 Å². The molecule has 0 aromatic heterocycles. The van der Waals surface area contributed by atoms with Crippen LogP contribution in [0.4, 0.5) is 0 Å². The fourth-order valence-electron chi connectivity index (χ4n) is 2.18. The Morgan fingerprint density at radius 1 is 1.00 bits per heavy atom. The first kappa shape index (κ1) is 16.2. The lowest BCUT2D eigenvalue weighted by atomic mass is 10.0. The number of nitrogens with two attached hydrogens (primary N) is 1. The first-order chi connectivity index (χ1) is 10.3. The van der Waals surface area contributed by atoms with E-state index in [1.165, 1.54) is 5.56 Å². The molecule has 2 N–H and O–H groups in total. The third-order valence-corrected chi connectivity index (χ3v) is 3.23. The molecule has 0 spiro atoms. The largest absolute Gasteiger partial charge is 0.459 e. The molecule has 2 aromatic carbocycles. The van der Waals surface area contributed by atoms with E-state index in [1.54, 1.807) is 0 Å². The number of hydrogen-bond donors (Lipinski definition) is 1. The van der Waals surface area contributed by atoms with Crippen molar-refractivity contribution >= 4 is 5.97 Å². The highest BCUT2D eigenvalue weighted by molar-refractivity contribution is 5.76. The second-order valence-corrected chi connectivity index (χ2v) is 6.41. The van der Waals surface area contributed by atoms with Gasteiger partial charge in [-0.3, -0.25) is 4.79 Å². The van der Waals surface area contributed by atoms with Crippen molar-refractivity contribution in [2.24, 2.45) is 5.73 Å². The molecule has 116 valence electrons. The summed E-state index contributed by atoms with van der Waals surface area (Å²) in [6.45, 7) is 5.52. The number of benzene rings is 2. The molecular weight excluding hydrogens is 274 g/mol. The zero-order valence-corrected chi connectivity index (χ0v) is 13.4. The maximum absolute atomic E-state index is 11.9. The van der Waals surface area contributed by atoms with Gasteiger partial charge in [-0.2, -0.15) is 0 Å². The topological polar surface area (TPSA) is 52.3 Å². The second-order valence-electron chi connectivity index (χ2n) is 6.41. The molecular formula is C19H23NO2. The Balaban J connectivity index is 2.01. The molecule has 0 aliphatic carbocycles. The van der Waals surface area contributed by atoms with Crippen LogP contribution in [0.3, 0.4) is 0 Å². The summed E-state index contributed by atoms with van der Waals surface area (Å²) in [5.74, 6) is -0.361. The normalized spacial score (nSPS) is 12.7. The molecule has 1 atom stereocenters. The highest BCUT2D eigenvalue weighted by atomic mass is 16.6. The fraction of sp³-hybridized carbons (Fsp3) is 0.316. The summed E-state index contributed by atoms with van der Waals surface area (Å²) in [5, 5.41) is 0. The quantitative estimate of drug-likeness (QED) is 0.878. The fourth-order valence-corrected chi connectivity index (χ4v) is 2.18. The molecule has 2 rings (SSSR count). The summed E-state index contributed by atoms with van der Waals surface area (Å²) in [6, 6.07) is 17.6. The van der Waals surface area contributed by atoms with Crippen LogP contribution in [0.1, 0.15) is 26.3 Å². The molecule has 0 amide bonds. The highest BCUT2D eigenvalue weighted by Crippen LogP contribution is 2.20. The average Bonchev–Trinajstić information content (AvgIpc) is 2.47. The minimum atomic E-state index is -0.637. The van der Waals surface area contributed by atoms with Gasteiger partial charge in [0, 0.05) is 0 Å². The van der Waals surface area contributed by atoms with E-state index in [4.69, 9.17) is 10.5 Å². The maximum Gasteiger partial charge on any atom is 0.323 e. The van der Waals surface area contributed by atoms with Gasteiger partial charge in [-0.25, -0.2) is 0 Å². The van der Waals surface area contributed by atoms with Crippen molar-refractivity contribution in [3.8, 4) is 11.1 Å². The molecule has 3 heteroatoms. The molecule has 0 radical (unpaired) electrons. The number of ether oxygens (including phenoxy) is 1. The van der Waals surface area contributed by atoms with Crippen LogP contribution in [0.15, 0.2) is 54.6 Å². The predicted molar refractivity (Wildman–Crippen MR) is 89.4 cm³/mol. The standard InChI is InChI=1S/C19H23NO2/c1-19(2,3)22-18(21)17(20)13-14-9-11-16(12-10-14)15-7-5-4-6-8-15/h4-12,17H,13,20H2,1-3H3/t17-/m0/s1. The minimum Gasteiger partial charge on any atom is -0.459 e. The highest BCUT2D eigenvalue weighted by Gasteiger charge is 2.22. The van der Waals surface area contributed by atoms with E-state index in [1.807, 2.05) is 63.2 Å². The molecule has 0 aliphatic rings. The van der Waals surface area contributed by atoms with Crippen LogP contribution >= 0.6 is 0 Å². The monoisotopic (exact) mass is 297 g/mol. The van der Waals surface area contributed by atoms with Gasteiger partial charge in [0.05, 0.1) is 0 Å². The summed E-state index contributed by atoms with van der Waals surface area (Å²) in [7, 11) is 0. The summed E-state index contributed by atoms with van der Waals surface area (Å²) in [6.07, 6.45) is 0.476. The first-order valence-electron chi connectivity index (χ1n) is 7.48. The first-order valence-corrected chi connectivity index (χ1v) is 7.48. The van der Waals surface area contributed by atoms with Gasteiger partial charge >= 0.3 is 5.97 Å². The van der Waals surface area contributed by atoms with E-state index in [9.17, 15) is 4.79 Å². The van der Waals surface area contributed by atoms with E-state index >= 15 is 0 Å². The van der Waals surface area contributed by atoms with Gasteiger partial charge in [0.15, 0.2) is 0 Å². The average molecular weight is 297 g/mol. The number of hydrogen-bond acceptors (Lipinski definition) is 3. The van der Waals surface area contributed by atoms with Gasteiger partial charge in [0.1, 0.15) is 11.6 Å². The molecule has 0 saturated carbocycles. The van der Waals surface area contributed by atoms with Crippen LogP contribution in [0, 0.1) is 0 Å². The third-order valence-electron chi connectivity index (χ3n) is 3.23. The van der Waals surface area contributed by atoms with E-state index in [2.05, 4.69) is 12.1 Å². The van der Waals surface area contributed by atoms with Gasteiger partial charge in [-0.1, -0.05) is 54.6 Å². The Bertz CT molecular complexity index is 612. The van der Waals surface area contributed by atoms with Crippen molar-refractivity contribution in [3.63, 3.8) is 0 Å². The van der Waals surface area contributed by atoms with Crippen LogP contribution in [-0.4, -0.2) is 17.6 Å². The van der Waals surface area contributed by atoms with Crippen molar-refractivity contribution in [1.82, 2.24) is 0 Å². The lowest BCUT2D eigenvalue weighted by Gasteiger charge is -2.22. The number of carbonyl (C=O) groups excluding carboxylic acids is 1. The summed E-state index contributed by atoms with van der Waals surface area (Å²) < 4.78 is 5.30. The lowest BCUT2D eigenvalue weighted by Crippen LogP contribution is -2.38. The molecule has 0 aliphatic heterocycles. The van der Waals surface area contributed by atoms with Crippen LogP contribution in [0.25, 0.3) is 11.1 Å². The van der Waals surface area contributed by atoms with Crippen LogP contribution < -0.4 is 5.73 Å². The zero-order valence-electron chi connectivity index (χ0n) is 13.4. The molecule has 3 nitrogen and oxygen atoms in total. The Morgan fingerprint density at radius 2 is 1.55 bits per heavy atom. The van der Waals surface area contributed by atoms with E-state index in [0.717, 1.165) is 11.1 Å². The predicted octanol–water partition coefficient (Wildman–Crippen LogP) is 3.57. The third kappa shape index (κ3) is 4.71. The molecule has 0 saturated heterocycles. The molecule has 2 aromatic rings. The lowest BCUT2D eigenvalue weighted by molar-refractivity contribution is -0.156. The summed E-state index contributed by atoms with van der Waals surface area (Å²) in [5.41, 5.74) is 8.77. The Kier molecular flexibility index (Phi) is 4.99. The summed E-state index contributed by atoms with van der Waals surface area (Å²) in [4.78, 5) is 11.9. The summed E-state index contributed by atoms with van der Waals surface area (Å²) >= 11 is 0. The van der Waals surface area contributed by atoms with Crippen LogP contribution in [0.5, 0.6) is 0 Å². The van der Waals surface area contributed by atoms with Crippen molar-refractivity contribution in [2.75, 3.05) is 0 Å². The van der Waals surface area contributed by atoms with Gasteiger partial charge in [-0.05, 0) is 43.9 Å².